The van der Waals surface area contributed by atoms with Crippen molar-refractivity contribution in [2.45, 2.75) is 5.92 Å². The summed E-state index contributed by atoms with van der Waals surface area (Å²) in [7, 11) is 0. The Morgan fingerprint density at radius 2 is 1.63 bits per heavy atom. The highest BCUT2D eigenvalue weighted by Crippen LogP contribution is 2.22. The predicted octanol–water partition coefficient (Wildman–Crippen LogP) is 3.33. The van der Waals surface area contributed by atoms with Gasteiger partial charge in [-0.3, -0.25) is 4.79 Å². The third kappa shape index (κ3) is 3.19. The second-order valence-corrected chi connectivity index (χ2v) is 4.99. The zero-order valence-electron chi connectivity index (χ0n) is 10.0. The summed E-state index contributed by atoms with van der Waals surface area (Å²) in [6, 6.07) is 16.4. The van der Waals surface area contributed by atoms with Crippen LogP contribution in [0.15, 0.2) is 54.6 Å². The Labute approximate surface area is 122 Å². The summed E-state index contributed by atoms with van der Waals surface area (Å²) in [5.74, 6) is -1.05. The molecule has 2 aromatic carbocycles. The Balaban J connectivity index is 2.38. The summed E-state index contributed by atoms with van der Waals surface area (Å²) in [5, 5.41) is 0.627. The van der Waals surface area contributed by atoms with Crippen molar-refractivity contribution in [3.05, 3.63) is 70.7 Å². The van der Waals surface area contributed by atoms with E-state index in [0.717, 1.165) is 11.1 Å². The van der Waals surface area contributed by atoms with Gasteiger partial charge >= 0.3 is 0 Å². The summed E-state index contributed by atoms with van der Waals surface area (Å²) in [5.41, 5.74) is 7.07. The van der Waals surface area contributed by atoms with Gasteiger partial charge in [0.1, 0.15) is 0 Å². The van der Waals surface area contributed by atoms with E-state index in [1.807, 2.05) is 30.3 Å². The molecule has 0 saturated heterocycles. The number of rotatable bonds is 4. The average molecular weight is 290 g/mol. The third-order valence-corrected chi connectivity index (χ3v) is 3.53. The molecule has 0 aliphatic heterocycles. The summed E-state index contributed by atoms with van der Waals surface area (Å²) >= 11 is 11.2. The van der Waals surface area contributed by atoms with E-state index < -0.39 is 11.8 Å². The van der Waals surface area contributed by atoms with Crippen molar-refractivity contribution >= 4 is 34.6 Å². The van der Waals surface area contributed by atoms with Gasteiger partial charge in [-0.05, 0) is 23.3 Å². The molecule has 2 N–H and O–H groups in total. The van der Waals surface area contributed by atoms with Crippen LogP contribution in [-0.4, -0.2) is 10.8 Å². The van der Waals surface area contributed by atoms with E-state index in [9.17, 15) is 4.79 Å². The average Bonchev–Trinajstić information content (AvgIpc) is 2.40. The minimum Gasteiger partial charge on any atom is -0.369 e. The molecule has 0 aliphatic rings. The minimum atomic E-state index is -0.600. The molecule has 1 amide bonds. The van der Waals surface area contributed by atoms with E-state index >= 15 is 0 Å². The van der Waals surface area contributed by atoms with Crippen LogP contribution in [0, 0.1) is 0 Å². The Hall–Kier alpha value is -1.71. The van der Waals surface area contributed by atoms with E-state index in [1.165, 1.54) is 0 Å². The van der Waals surface area contributed by atoms with Crippen LogP contribution in [0.5, 0.6) is 0 Å². The van der Waals surface area contributed by atoms with Crippen LogP contribution in [-0.2, 0) is 4.79 Å². The van der Waals surface area contributed by atoms with Crippen molar-refractivity contribution in [2.24, 2.45) is 5.73 Å². The molecule has 0 aromatic heterocycles. The van der Waals surface area contributed by atoms with Crippen LogP contribution < -0.4 is 5.73 Å². The lowest BCUT2D eigenvalue weighted by molar-refractivity contribution is -0.118. The van der Waals surface area contributed by atoms with Gasteiger partial charge in [0.2, 0.25) is 5.91 Å². The number of hydrogen-bond acceptors (Lipinski definition) is 2. The topological polar surface area (TPSA) is 43.1 Å². The molecule has 2 aromatic rings. The number of nitrogens with two attached hydrogens (primary N) is 1. The normalized spacial score (nSPS) is 11.8. The fourth-order valence-electron chi connectivity index (χ4n) is 1.87. The van der Waals surface area contributed by atoms with Crippen LogP contribution in [0.2, 0.25) is 5.02 Å². The van der Waals surface area contributed by atoms with Gasteiger partial charge in [0, 0.05) is 9.89 Å². The monoisotopic (exact) mass is 289 g/mol. The van der Waals surface area contributed by atoms with E-state index in [2.05, 4.69) is 0 Å². The highest BCUT2D eigenvalue weighted by molar-refractivity contribution is 7.81. The molecule has 19 heavy (non-hydrogen) atoms. The molecule has 0 saturated carbocycles. The number of hydrogen-bond donors (Lipinski definition) is 1. The van der Waals surface area contributed by atoms with E-state index in [-0.39, 0.29) is 0 Å². The molecular formula is C15H12ClNOS. The van der Waals surface area contributed by atoms with Crippen LogP contribution in [0.1, 0.15) is 17.0 Å². The van der Waals surface area contributed by atoms with Gasteiger partial charge < -0.3 is 5.73 Å². The van der Waals surface area contributed by atoms with E-state index in [1.54, 1.807) is 24.3 Å². The zero-order chi connectivity index (χ0) is 13.8. The van der Waals surface area contributed by atoms with Crippen molar-refractivity contribution in [3.63, 3.8) is 0 Å². The zero-order valence-corrected chi connectivity index (χ0v) is 11.6. The first-order valence-corrected chi connectivity index (χ1v) is 6.52. The van der Waals surface area contributed by atoms with Crippen molar-refractivity contribution < 1.29 is 4.79 Å². The van der Waals surface area contributed by atoms with Gasteiger partial charge in [0.25, 0.3) is 0 Å². The number of halogens is 1. The van der Waals surface area contributed by atoms with Crippen LogP contribution in [0.25, 0.3) is 0 Å². The largest absolute Gasteiger partial charge is 0.369 e. The number of benzene rings is 2. The lowest BCUT2D eigenvalue weighted by atomic mass is 9.91. The first-order chi connectivity index (χ1) is 9.09. The van der Waals surface area contributed by atoms with Crippen molar-refractivity contribution in [1.82, 2.24) is 0 Å². The highest BCUT2D eigenvalue weighted by atomic mass is 35.5. The first-order valence-electron chi connectivity index (χ1n) is 5.73. The molecule has 4 heteroatoms. The lowest BCUT2D eigenvalue weighted by Gasteiger charge is -2.15. The highest BCUT2D eigenvalue weighted by Gasteiger charge is 2.23. The number of primary amides is 1. The SMILES string of the molecule is NC(=O)C(C(=S)c1ccc(Cl)cc1)c1ccccc1. The molecule has 0 fully saturated rings. The lowest BCUT2D eigenvalue weighted by Crippen LogP contribution is -2.27. The summed E-state index contributed by atoms with van der Waals surface area (Å²) in [6.45, 7) is 0. The van der Waals surface area contributed by atoms with Gasteiger partial charge in [-0.1, -0.05) is 66.3 Å². The number of thiocarbonyl (C=S) groups is 1. The Morgan fingerprint density at radius 1 is 1.05 bits per heavy atom. The molecule has 0 radical (unpaired) electrons. The molecule has 2 rings (SSSR count). The molecule has 2 nitrogen and oxygen atoms in total. The fourth-order valence-corrected chi connectivity index (χ4v) is 2.39. The van der Waals surface area contributed by atoms with Crippen LogP contribution >= 0.6 is 23.8 Å². The number of carbonyl (C=O) groups excluding carboxylic acids is 1. The number of carbonyl (C=O) groups is 1. The third-order valence-electron chi connectivity index (χ3n) is 2.81. The van der Waals surface area contributed by atoms with Gasteiger partial charge in [-0.2, -0.15) is 0 Å². The Bertz CT molecular complexity index is 595. The predicted molar refractivity (Wildman–Crippen MR) is 81.5 cm³/mol. The van der Waals surface area contributed by atoms with Crippen LogP contribution in [0.3, 0.4) is 0 Å². The van der Waals surface area contributed by atoms with Crippen molar-refractivity contribution in [3.8, 4) is 0 Å². The molecule has 0 aliphatic carbocycles. The minimum absolute atomic E-state index is 0.453. The standard InChI is InChI=1S/C15H12ClNOS/c16-12-8-6-11(7-9-12)14(19)13(15(17)18)10-4-2-1-3-5-10/h1-9,13H,(H2,17,18). The molecule has 0 heterocycles. The van der Waals surface area contributed by atoms with Crippen molar-refractivity contribution in [2.75, 3.05) is 0 Å². The number of amides is 1. The van der Waals surface area contributed by atoms with Gasteiger partial charge in [-0.25, -0.2) is 0 Å². The maximum Gasteiger partial charge on any atom is 0.230 e. The maximum atomic E-state index is 11.7. The van der Waals surface area contributed by atoms with Gasteiger partial charge in [0.15, 0.2) is 0 Å². The van der Waals surface area contributed by atoms with E-state index in [0.29, 0.717) is 9.89 Å². The molecule has 1 unspecified atom stereocenters. The first kappa shape index (κ1) is 13.7. The molecule has 0 bridgehead atoms. The Morgan fingerprint density at radius 3 is 2.16 bits per heavy atom. The molecular weight excluding hydrogens is 278 g/mol. The molecule has 96 valence electrons. The molecule has 0 spiro atoms. The maximum absolute atomic E-state index is 11.7. The fraction of sp³-hybridized carbons (Fsp3) is 0.0667. The summed E-state index contributed by atoms with van der Waals surface area (Å²) in [6.07, 6.45) is 0. The van der Waals surface area contributed by atoms with Crippen LogP contribution in [0.4, 0.5) is 0 Å². The second-order valence-electron chi connectivity index (χ2n) is 4.12. The van der Waals surface area contributed by atoms with Crippen molar-refractivity contribution in [1.29, 1.82) is 0 Å². The van der Waals surface area contributed by atoms with Gasteiger partial charge in [0.05, 0.1) is 5.92 Å². The van der Waals surface area contributed by atoms with E-state index in [4.69, 9.17) is 29.6 Å². The van der Waals surface area contributed by atoms with Gasteiger partial charge in [-0.15, -0.1) is 0 Å². The quantitative estimate of drug-likeness (QED) is 0.693. The smallest absolute Gasteiger partial charge is 0.230 e. The molecule has 1 atom stereocenters. The summed E-state index contributed by atoms with van der Waals surface area (Å²) < 4.78 is 0. The Kier molecular flexibility index (Phi) is 4.30. The second kappa shape index (κ2) is 5.95. The summed E-state index contributed by atoms with van der Waals surface area (Å²) in [4.78, 5) is 12.2.